The highest BCUT2D eigenvalue weighted by Gasteiger charge is 2.30. The smallest absolute Gasteiger partial charge is 0.0162 e. The number of benzene rings is 1. The van der Waals surface area contributed by atoms with Crippen LogP contribution in [0, 0.1) is 29.6 Å². The lowest BCUT2D eigenvalue weighted by Crippen LogP contribution is -2.26. The summed E-state index contributed by atoms with van der Waals surface area (Å²) in [4.78, 5) is 0. The van der Waals surface area contributed by atoms with Gasteiger partial charge >= 0.3 is 0 Å². The molecule has 32 heavy (non-hydrogen) atoms. The molecule has 0 bridgehead atoms. The van der Waals surface area contributed by atoms with E-state index in [1.807, 2.05) is 0 Å². The van der Waals surface area contributed by atoms with Crippen LogP contribution in [0.15, 0.2) is 24.3 Å². The van der Waals surface area contributed by atoms with E-state index in [9.17, 15) is 0 Å². The van der Waals surface area contributed by atoms with E-state index in [4.69, 9.17) is 0 Å². The first-order valence-corrected chi connectivity index (χ1v) is 14.8. The topological polar surface area (TPSA) is 0 Å². The van der Waals surface area contributed by atoms with Crippen molar-refractivity contribution in [2.24, 2.45) is 29.6 Å². The molecule has 3 aliphatic rings. The van der Waals surface area contributed by atoms with Crippen LogP contribution >= 0.6 is 0 Å². The monoisotopic (exact) mass is 436 g/mol. The molecule has 0 heterocycles. The molecule has 0 saturated heterocycles. The molecule has 0 unspecified atom stereocenters. The van der Waals surface area contributed by atoms with Gasteiger partial charge in [0.1, 0.15) is 0 Å². The van der Waals surface area contributed by atoms with E-state index in [-0.39, 0.29) is 0 Å². The molecule has 0 spiro atoms. The molecular weight excluding hydrogens is 384 g/mol. The highest BCUT2D eigenvalue weighted by Crippen LogP contribution is 2.43. The highest BCUT2D eigenvalue weighted by molar-refractivity contribution is 5.26. The van der Waals surface area contributed by atoms with Crippen LogP contribution in [0.3, 0.4) is 0 Å². The van der Waals surface area contributed by atoms with Crippen LogP contribution in [0.1, 0.15) is 140 Å². The Morgan fingerprint density at radius 3 is 1.44 bits per heavy atom. The first kappa shape index (κ1) is 24.3. The van der Waals surface area contributed by atoms with Crippen molar-refractivity contribution in [1.82, 2.24) is 0 Å². The van der Waals surface area contributed by atoms with E-state index in [1.54, 1.807) is 24.0 Å². The lowest BCUT2D eigenvalue weighted by atomic mass is 9.68. The van der Waals surface area contributed by atoms with Gasteiger partial charge in [0.2, 0.25) is 0 Å². The minimum Gasteiger partial charge on any atom is -0.0654 e. The van der Waals surface area contributed by atoms with E-state index in [0.717, 1.165) is 35.5 Å². The average Bonchev–Trinajstić information content (AvgIpc) is 2.85. The Morgan fingerprint density at radius 1 is 0.531 bits per heavy atom. The second kappa shape index (κ2) is 12.6. The summed E-state index contributed by atoms with van der Waals surface area (Å²) in [5.74, 6) is 6.06. The second-order valence-electron chi connectivity index (χ2n) is 12.1. The Bertz CT molecular complexity index is 619. The third-order valence-corrected chi connectivity index (χ3v) is 9.98. The van der Waals surface area contributed by atoms with E-state index in [1.165, 1.54) is 103 Å². The van der Waals surface area contributed by atoms with Crippen LogP contribution in [-0.2, 0) is 6.42 Å². The van der Waals surface area contributed by atoms with Crippen LogP contribution < -0.4 is 0 Å². The molecule has 1 aromatic carbocycles. The molecule has 0 heteroatoms. The standard InChI is InChI=1S/C32H52/c1-3-5-25-9-17-29(18-10-25)31-21-13-27(14-22-31)7-8-28-15-23-32(24-16-28)30-19-11-26(6-4-2)12-20-30/h13-14,21-22,25-26,28-30,32H,3-12,15-20,23-24H2,1-2H3. The summed E-state index contributed by atoms with van der Waals surface area (Å²) in [6.07, 6.45) is 26.5. The molecule has 0 atom stereocenters. The maximum absolute atomic E-state index is 2.48. The number of hydrogen-bond donors (Lipinski definition) is 0. The van der Waals surface area contributed by atoms with Crippen molar-refractivity contribution in [3.8, 4) is 0 Å². The lowest BCUT2D eigenvalue weighted by molar-refractivity contribution is 0.141. The van der Waals surface area contributed by atoms with Gasteiger partial charge in [-0.1, -0.05) is 89.5 Å². The number of hydrogen-bond acceptors (Lipinski definition) is 0. The molecule has 0 amide bonds. The zero-order valence-electron chi connectivity index (χ0n) is 21.5. The van der Waals surface area contributed by atoms with Crippen molar-refractivity contribution in [2.45, 2.75) is 135 Å². The molecule has 3 saturated carbocycles. The van der Waals surface area contributed by atoms with Crippen LogP contribution in [0.2, 0.25) is 0 Å². The van der Waals surface area contributed by atoms with Crippen LogP contribution in [0.5, 0.6) is 0 Å². The zero-order chi connectivity index (χ0) is 22.2. The summed E-state index contributed by atoms with van der Waals surface area (Å²) in [5, 5.41) is 0. The summed E-state index contributed by atoms with van der Waals surface area (Å²) in [6, 6.07) is 9.89. The Hall–Kier alpha value is -0.780. The fraction of sp³-hybridized carbons (Fsp3) is 0.812. The average molecular weight is 437 g/mol. The summed E-state index contributed by atoms with van der Waals surface area (Å²) >= 11 is 0. The van der Waals surface area contributed by atoms with Crippen molar-refractivity contribution in [3.05, 3.63) is 35.4 Å². The van der Waals surface area contributed by atoms with Gasteiger partial charge in [0, 0.05) is 0 Å². The van der Waals surface area contributed by atoms with E-state index in [0.29, 0.717) is 0 Å². The minimum absolute atomic E-state index is 0.837. The summed E-state index contributed by atoms with van der Waals surface area (Å²) < 4.78 is 0. The summed E-state index contributed by atoms with van der Waals surface area (Å²) in [6.45, 7) is 4.70. The van der Waals surface area contributed by atoms with Crippen LogP contribution in [0.4, 0.5) is 0 Å². The molecule has 3 aliphatic carbocycles. The normalized spacial score (nSPS) is 33.8. The molecule has 1 aromatic rings. The van der Waals surface area contributed by atoms with E-state index in [2.05, 4.69) is 38.1 Å². The minimum atomic E-state index is 0.837. The third-order valence-electron chi connectivity index (χ3n) is 9.98. The lowest BCUT2D eigenvalue weighted by Gasteiger charge is -2.38. The number of rotatable bonds is 9. The maximum atomic E-state index is 2.48. The first-order valence-electron chi connectivity index (χ1n) is 14.8. The van der Waals surface area contributed by atoms with Crippen molar-refractivity contribution < 1.29 is 0 Å². The van der Waals surface area contributed by atoms with Gasteiger partial charge < -0.3 is 0 Å². The highest BCUT2D eigenvalue weighted by atomic mass is 14.4. The molecule has 0 N–H and O–H groups in total. The van der Waals surface area contributed by atoms with Crippen LogP contribution in [-0.4, -0.2) is 0 Å². The Balaban J connectivity index is 1.14. The van der Waals surface area contributed by atoms with Gasteiger partial charge in [0.25, 0.3) is 0 Å². The largest absolute Gasteiger partial charge is 0.0654 e. The molecular formula is C32H52. The van der Waals surface area contributed by atoms with Crippen molar-refractivity contribution in [3.63, 3.8) is 0 Å². The SMILES string of the molecule is CCCC1CCC(c2ccc(CCC3CCC(C4CCC(CCC)CC4)CC3)cc2)CC1. The first-order chi connectivity index (χ1) is 15.7. The van der Waals surface area contributed by atoms with Gasteiger partial charge in [-0.25, -0.2) is 0 Å². The van der Waals surface area contributed by atoms with Gasteiger partial charge in [0.05, 0.1) is 0 Å². The predicted molar refractivity (Wildman–Crippen MR) is 140 cm³/mol. The van der Waals surface area contributed by atoms with Crippen molar-refractivity contribution in [1.29, 1.82) is 0 Å². The second-order valence-corrected chi connectivity index (χ2v) is 12.1. The summed E-state index contributed by atoms with van der Waals surface area (Å²) in [7, 11) is 0. The van der Waals surface area contributed by atoms with Gasteiger partial charge in [-0.05, 0) is 111 Å². The van der Waals surface area contributed by atoms with Gasteiger partial charge in [0.15, 0.2) is 0 Å². The molecule has 180 valence electrons. The molecule has 0 aromatic heterocycles. The zero-order valence-corrected chi connectivity index (χ0v) is 21.5. The quantitative estimate of drug-likeness (QED) is 0.361. The Labute approximate surface area is 200 Å². The molecule has 0 aliphatic heterocycles. The molecule has 4 rings (SSSR count). The number of aryl methyl sites for hydroxylation is 1. The fourth-order valence-corrected chi connectivity index (χ4v) is 7.82. The maximum Gasteiger partial charge on any atom is -0.0162 e. The summed E-state index contributed by atoms with van der Waals surface area (Å²) in [5.41, 5.74) is 3.21. The van der Waals surface area contributed by atoms with Gasteiger partial charge in [-0.2, -0.15) is 0 Å². The Kier molecular flexibility index (Phi) is 9.60. The Morgan fingerprint density at radius 2 is 0.969 bits per heavy atom. The van der Waals surface area contributed by atoms with Crippen molar-refractivity contribution >= 4 is 0 Å². The predicted octanol–water partition coefficient (Wildman–Crippen LogP) is 10.1. The van der Waals surface area contributed by atoms with E-state index >= 15 is 0 Å². The molecule has 0 radical (unpaired) electrons. The van der Waals surface area contributed by atoms with Crippen LogP contribution in [0.25, 0.3) is 0 Å². The molecule has 0 nitrogen and oxygen atoms in total. The van der Waals surface area contributed by atoms with Gasteiger partial charge in [-0.3, -0.25) is 0 Å². The molecule has 3 fully saturated rings. The van der Waals surface area contributed by atoms with Crippen molar-refractivity contribution in [2.75, 3.05) is 0 Å². The third kappa shape index (κ3) is 6.87. The van der Waals surface area contributed by atoms with Gasteiger partial charge in [-0.15, -0.1) is 0 Å². The fourth-order valence-electron chi connectivity index (χ4n) is 7.82. The van der Waals surface area contributed by atoms with E-state index < -0.39 is 0 Å².